The van der Waals surface area contributed by atoms with E-state index in [0.717, 1.165) is 25.0 Å². The first-order valence-corrected chi connectivity index (χ1v) is 7.51. The molecule has 0 amide bonds. The molecule has 1 unspecified atom stereocenters. The summed E-state index contributed by atoms with van der Waals surface area (Å²) >= 11 is 0. The number of rotatable bonds is 5. The molecule has 22 heavy (non-hydrogen) atoms. The molecule has 0 saturated carbocycles. The van der Waals surface area contributed by atoms with Crippen molar-refractivity contribution in [2.75, 3.05) is 27.3 Å². The van der Waals surface area contributed by atoms with E-state index in [4.69, 9.17) is 9.47 Å². The first-order chi connectivity index (χ1) is 10.6. The molecule has 1 aliphatic heterocycles. The molecule has 0 aliphatic carbocycles. The second-order valence-electron chi connectivity index (χ2n) is 5.68. The van der Waals surface area contributed by atoms with Gasteiger partial charge in [-0.15, -0.1) is 0 Å². The van der Waals surface area contributed by atoms with Gasteiger partial charge in [0.25, 0.3) is 0 Å². The fourth-order valence-electron chi connectivity index (χ4n) is 2.48. The molecule has 0 bridgehead atoms. The summed E-state index contributed by atoms with van der Waals surface area (Å²) in [6, 6.07) is 5.15. The Morgan fingerprint density at radius 1 is 1.45 bits per heavy atom. The van der Waals surface area contributed by atoms with Crippen LogP contribution in [0.1, 0.15) is 25.3 Å². The highest BCUT2D eigenvalue weighted by atomic mass is 16.5. The van der Waals surface area contributed by atoms with Crippen LogP contribution in [-0.4, -0.2) is 44.0 Å². The van der Waals surface area contributed by atoms with Gasteiger partial charge in [-0.1, -0.05) is 0 Å². The molecular weight excluding hydrogens is 282 g/mol. The summed E-state index contributed by atoms with van der Waals surface area (Å²) in [5.41, 5.74) is 0.626. The number of guanidine groups is 1. The van der Waals surface area contributed by atoms with Crippen LogP contribution in [-0.2, 0) is 11.3 Å². The molecule has 6 heteroatoms. The molecule has 2 rings (SSSR count). The molecule has 1 saturated heterocycles. The van der Waals surface area contributed by atoms with Gasteiger partial charge in [0.2, 0.25) is 0 Å². The number of benzene rings is 1. The molecule has 6 nitrogen and oxygen atoms in total. The lowest BCUT2D eigenvalue weighted by atomic mass is 10.0. The molecular formula is C16H25N3O3. The van der Waals surface area contributed by atoms with Gasteiger partial charge in [0, 0.05) is 32.3 Å². The minimum atomic E-state index is -0.129. The van der Waals surface area contributed by atoms with Crippen molar-refractivity contribution in [2.45, 2.75) is 31.9 Å². The van der Waals surface area contributed by atoms with Crippen molar-refractivity contribution >= 4 is 5.96 Å². The summed E-state index contributed by atoms with van der Waals surface area (Å²) in [6.07, 6.45) is 2.15. The normalized spacial score (nSPS) is 21.7. The van der Waals surface area contributed by atoms with Gasteiger partial charge in [-0.05, 0) is 38.0 Å². The number of hydrogen-bond acceptors (Lipinski definition) is 4. The van der Waals surface area contributed by atoms with E-state index in [1.807, 2.05) is 0 Å². The van der Waals surface area contributed by atoms with Crippen molar-refractivity contribution in [1.29, 1.82) is 0 Å². The minimum absolute atomic E-state index is 0.129. The number of ether oxygens (including phenoxy) is 2. The number of aliphatic imine (C=N–C) groups is 1. The van der Waals surface area contributed by atoms with Crippen molar-refractivity contribution in [3.05, 3.63) is 23.8 Å². The van der Waals surface area contributed by atoms with Crippen LogP contribution < -0.4 is 15.4 Å². The molecule has 1 atom stereocenters. The zero-order chi connectivity index (χ0) is 16.0. The van der Waals surface area contributed by atoms with Gasteiger partial charge in [-0.25, -0.2) is 0 Å². The summed E-state index contributed by atoms with van der Waals surface area (Å²) in [5.74, 6) is 1.62. The van der Waals surface area contributed by atoms with Gasteiger partial charge in [0.05, 0.1) is 12.7 Å². The number of hydrogen-bond donors (Lipinski definition) is 3. The van der Waals surface area contributed by atoms with Crippen LogP contribution in [0.2, 0.25) is 0 Å². The van der Waals surface area contributed by atoms with Crippen molar-refractivity contribution < 1.29 is 14.6 Å². The largest absolute Gasteiger partial charge is 0.508 e. The quantitative estimate of drug-likeness (QED) is 0.569. The van der Waals surface area contributed by atoms with Crippen LogP contribution in [0.25, 0.3) is 0 Å². The number of phenolic OH excluding ortho intramolecular Hbond substituents is 1. The lowest BCUT2D eigenvalue weighted by molar-refractivity contribution is 0.0243. The molecule has 1 fully saturated rings. The Morgan fingerprint density at radius 3 is 2.91 bits per heavy atom. The number of phenols is 1. The molecule has 1 aliphatic rings. The van der Waals surface area contributed by atoms with Crippen molar-refractivity contribution in [3.8, 4) is 11.5 Å². The number of nitrogens with zero attached hydrogens (tertiary/aromatic N) is 1. The maximum absolute atomic E-state index is 9.88. The third-order valence-electron chi connectivity index (χ3n) is 3.89. The standard InChI is InChI=1S/C16H25N3O3/c1-16(7-4-8-22-16)11-19-15(17-2)18-10-12-9-13(21-3)5-6-14(12)20/h5-6,9,20H,4,7-8,10-11H2,1-3H3,(H2,17,18,19). The maximum atomic E-state index is 9.88. The third kappa shape index (κ3) is 4.27. The Kier molecular flexibility index (Phi) is 5.49. The smallest absolute Gasteiger partial charge is 0.191 e. The van der Waals surface area contributed by atoms with Crippen LogP contribution in [0.15, 0.2) is 23.2 Å². The zero-order valence-electron chi connectivity index (χ0n) is 13.5. The predicted octanol–water partition coefficient (Wildman–Crippen LogP) is 1.63. The Labute approximate surface area is 131 Å². The Balaban J connectivity index is 1.88. The Hall–Kier alpha value is -1.95. The van der Waals surface area contributed by atoms with E-state index < -0.39 is 0 Å². The van der Waals surface area contributed by atoms with Gasteiger partial charge < -0.3 is 25.2 Å². The highest BCUT2D eigenvalue weighted by molar-refractivity contribution is 5.79. The Morgan fingerprint density at radius 2 is 2.27 bits per heavy atom. The molecule has 1 heterocycles. The van der Waals surface area contributed by atoms with Crippen LogP contribution in [0.5, 0.6) is 11.5 Å². The fourth-order valence-corrected chi connectivity index (χ4v) is 2.48. The Bertz CT molecular complexity index is 525. The van der Waals surface area contributed by atoms with E-state index in [2.05, 4.69) is 22.5 Å². The van der Waals surface area contributed by atoms with Crippen LogP contribution in [0, 0.1) is 0 Å². The first-order valence-electron chi connectivity index (χ1n) is 7.51. The second kappa shape index (κ2) is 7.35. The zero-order valence-corrected chi connectivity index (χ0v) is 13.5. The molecule has 3 N–H and O–H groups in total. The van der Waals surface area contributed by atoms with Crippen molar-refractivity contribution in [1.82, 2.24) is 10.6 Å². The lowest BCUT2D eigenvalue weighted by Gasteiger charge is -2.24. The van der Waals surface area contributed by atoms with Crippen LogP contribution in [0.4, 0.5) is 0 Å². The van der Waals surface area contributed by atoms with E-state index in [9.17, 15) is 5.11 Å². The average Bonchev–Trinajstić information content (AvgIpc) is 2.96. The van der Waals surface area contributed by atoms with E-state index in [-0.39, 0.29) is 11.4 Å². The van der Waals surface area contributed by atoms with Gasteiger partial charge >= 0.3 is 0 Å². The highest BCUT2D eigenvalue weighted by Crippen LogP contribution is 2.24. The summed E-state index contributed by atoms with van der Waals surface area (Å²) in [5, 5.41) is 16.3. The molecule has 1 aromatic carbocycles. The van der Waals surface area contributed by atoms with Crippen LogP contribution in [0.3, 0.4) is 0 Å². The number of methoxy groups -OCH3 is 1. The average molecular weight is 307 g/mol. The van der Waals surface area contributed by atoms with E-state index in [1.165, 1.54) is 0 Å². The number of aromatic hydroxyl groups is 1. The van der Waals surface area contributed by atoms with E-state index >= 15 is 0 Å². The topological polar surface area (TPSA) is 75.1 Å². The van der Waals surface area contributed by atoms with Gasteiger partial charge in [0.15, 0.2) is 5.96 Å². The van der Waals surface area contributed by atoms with Gasteiger partial charge in [-0.2, -0.15) is 0 Å². The first kappa shape index (κ1) is 16.4. The third-order valence-corrected chi connectivity index (χ3v) is 3.89. The van der Waals surface area contributed by atoms with Crippen molar-refractivity contribution in [2.24, 2.45) is 4.99 Å². The second-order valence-corrected chi connectivity index (χ2v) is 5.68. The summed E-state index contributed by atoms with van der Waals surface area (Å²) in [7, 11) is 3.32. The van der Waals surface area contributed by atoms with Gasteiger partial charge in [-0.3, -0.25) is 4.99 Å². The molecule has 0 radical (unpaired) electrons. The summed E-state index contributed by atoms with van der Waals surface area (Å²) in [4.78, 5) is 4.19. The van der Waals surface area contributed by atoms with Crippen LogP contribution >= 0.6 is 0 Å². The highest BCUT2D eigenvalue weighted by Gasteiger charge is 2.29. The minimum Gasteiger partial charge on any atom is -0.508 e. The lowest BCUT2D eigenvalue weighted by Crippen LogP contribution is -2.45. The molecule has 0 spiro atoms. The molecule has 0 aromatic heterocycles. The fraction of sp³-hybridized carbons (Fsp3) is 0.562. The maximum Gasteiger partial charge on any atom is 0.191 e. The number of nitrogens with one attached hydrogen (secondary N) is 2. The predicted molar refractivity (Wildman–Crippen MR) is 86.5 cm³/mol. The molecule has 122 valence electrons. The van der Waals surface area contributed by atoms with E-state index in [0.29, 0.717) is 24.8 Å². The summed E-state index contributed by atoms with van der Waals surface area (Å²) in [6.45, 7) is 4.09. The summed E-state index contributed by atoms with van der Waals surface area (Å²) < 4.78 is 10.9. The van der Waals surface area contributed by atoms with Crippen molar-refractivity contribution in [3.63, 3.8) is 0 Å². The monoisotopic (exact) mass is 307 g/mol. The SMILES string of the molecule is CN=C(NCc1cc(OC)ccc1O)NCC1(C)CCCO1. The molecule has 1 aromatic rings. The van der Waals surface area contributed by atoms with Gasteiger partial charge in [0.1, 0.15) is 11.5 Å². The van der Waals surface area contributed by atoms with E-state index in [1.54, 1.807) is 32.4 Å².